The normalized spacial score (nSPS) is 10.7. The molecule has 0 fully saturated rings. The van der Waals surface area contributed by atoms with E-state index in [9.17, 15) is 0 Å². The molecule has 0 radical (unpaired) electrons. The van der Waals surface area contributed by atoms with Crippen LogP contribution >= 0.6 is 11.8 Å². The Kier molecular flexibility index (Phi) is 2.92. The molecule has 0 aliphatic rings. The SMILES string of the molecule is Cc1ccc(Sc2nc(C)c(C)o2)cc1N. The summed E-state index contributed by atoms with van der Waals surface area (Å²) in [7, 11) is 0. The van der Waals surface area contributed by atoms with Crippen LogP contribution < -0.4 is 5.73 Å². The highest BCUT2D eigenvalue weighted by Crippen LogP contribution is 2.30. The lowest BCUT2D eigenvalue weighted by Gasteiger charge is -2.01. The Hall–Kier alpha value is -1.42. The van der Waals surface area contributed by atoms with Gasteiger partial charge in [0.15, 0.2) is 0 Å². The van der Waals surface area contributed by atoms with Crippen molar-refractivity contribution >= 4 is 17.4 Å². The van der Waals surface area contributed by atoms with Crippen molar-refractivity contribution in [2.75, 3.05) is 5.73 Å². The van der Waals surface area contributed by atoms with Gasteiger partial charge in [-0.25, -0.2) is 4.98 Å². The number of nitrogens with two attached hydrogens (primary N) is 1. The van der Waals surface area contributed by atoms with E-state index in [4.69, 9.17) is 10.2 Å². The molecule has 3 nitrogen and oxygen atoms in total. The van der Waals surface area contributed by atoms with Gasteiger partial charge < -0.3 is 10.2 Å². The Morgan fingerprint density at radius 3 is 2.56 bits per heavy atom. The van der Waals surface area contributed by atoms with Crippen molar-refractivity contribution in [3.8, 4) is 0 Å². The van der Waals surface area contributed by atoms with Crippen molar-refractivity contribution in [3.05, 3.63) is 35.2 Å². The first-order chi connectivity index (χ1) is 7.56. The number of hydrogen-bond donors (Lipinski definition) is 1. The highest BCUT2D eigenvalue weighted by molar-refractivity contribution is 7.99. The number of hydrogen-bond acceptors (Lipinski definition) is 4. The fourth-order valence-electron chi connectivity index (χ4n) is 1.27. The van der Waals surface area contributed by atoms with Gasteiger partial charge in [0.2, 0.25) is 0 Å². The average Bonchev–Trinajstić information content (AvgIpc) is 2.52. The van der Waals surface area contributed by atoms with E-state index in [1.54, 1.807) is 0 Å². The van der Waals surface area contributed by atoms with Crippen molar-refractivity contribution < 1.29 is 4.42 Å². The van der Waals surface area contributed by atoms with Crippen LogP contribution in [0.5, 0.6) is 0 Å². The van der Waals surface area contributed by atoms with Crippen molar-refractivity contribution in [3.63, 3.8) is 0 Å². The van der Waals surface area contributed by atoms with Gasteiger partial charge in [-0.3, -0.25) is 0 Å². The number of nitrogen functional groups attached to an aromatic ring is 1. The molecule has 2 N–H and O–H groups in total. The zero-order valence-corrected chi connectivity index (χ0v) is 10.4. The average molecular weight is 234 g/mol. The van der Waals surface area contributed by atoms with Crippen LogP contribution in [0, 0.1) is 20.8 Å². The van der Waals surface area contributed by atoms with Crippen LogP contribution in [0.1, 0.15) is 17.0 Å². The minimum Gasteiger partial charge on any atom is -0.436 e. The van der Waals surface area contributed by atoms with E-state index in [1.807, 2.05) is 39.0 Å². The molecular formula is C12H14N2OS. The van der Waals surface area contributed by atoms with Gasteiger partial charge in [-0.15, -0.1) is 0 Å². The lowest BCUT2D eigenvalue weighted by atomic mass is 10.2. The lowest BCUT2D eigenvalue weighted by Crippen LogP contribution is -1.88. The van der Waals surface area contributed by atoms with Crippen molar-refractivity contribution in [1.29, 1.82) is 0 Å². The predicted octanol–water partition coefficient (Wildman–Crippen LogP) is 3.33. The molecule has 1 aromatic heterocycles. The van der Waals surface area contributed by atoms with Gasteiger partial charge >= 0.3 is 0 Å². The molecule has 1 heterocycles. The topological polar surface area (TPSA) is 52.0 Å². The molecule has 0 bridgehead atoms. The number of aromatic nitrogens is 1. The summed E-state index contributed by atoms with van der Waals surface area (Å²) >= 11 is 1.49. The zero-order chi connectivity index (χ0) is 11.7. The van der Waals surface area contributed by atoms with Gasteiger partial charge in [-0.1, -0.05) is 6.07 Å². The molecule has 0 amide bonds. The van der Waals surface area contributed by atoms with Gasteiger partial charge in [0.05, 0.1) is 5.69 Å². The second-order valence-corrected chi connectivity index (χ2v) is 4.77. The molecular weight excluding hydrogens is 220 g/mol. The molecule has 0 aliphatic heterocycles. The molecule has 0 unspecified atom stereocenters. The van der Waals surface area contributed by atoms with Gasteiger partial charge in [0.25, 0.3) is 5.22 Å². The van der Waals surface area contributed by atoms with E-state index in [1.165, 1.54) is 11.8 Å². The Balaban J connectivity index is 2.23. The highest BCUT2D eigenvalue weighted by Gasteiger charge is 2.07. The third-order valence-corrected chi connectivity index (χ3v) is 3.30. The molecule has 4 heteroatoms. The van der Waals surface area contributed by atoms with E-state index in [2.05, 4.69) is 4.98 Å². The summed E-state index contributed by atoms with van der Waals surface area (Å²) in [6.45, 7) is 5.84. The van der Waals surface area contributed by atoms with Crippen LogP contribution in [-0.2, 0) is 0 Å². The van der Waals surface area contributed by atoms with Crippen LogP contribution in [0.4, 0.5) is 5.69 Å². The van der Waals surface area contributed by atoms with E-state index in [0.717, 1.165) is 27.6 Å². The van der Waals surface area contributed by atoms with E-state index >= 15 is 0 Å². The monoisotopic (exact) mass is 234 g/mol. The van der Waals surface area contributed by atoms with Gasteiger partial charge in [0, 0.05) is 10.6 Å². The first kappa shape index (κ1) is 11.1. The molecule has 0 saturated heterocycles. The molecule has 84 valence electrons. The lowest BCUT2D eigenvalue weighted by molar-refractivity contribution is 0.431. The minimum absolute atomic E-state index is 0.665. The number of benzene rings is 1. The Labute approximate surface area is 99.1 Å². The van der Waals surface area contributed by atoms with Crippen LogP contribution in [0.25, 0.3) is 0 Å². The molecule has 0 atom stereocenters. The number of nitrogens with zero attached hydrogens (tertiary/aromatic N) is 1. The summed E-state index contributed by atoms with van der Waals surface area (Å²) < 4.78 is 5.50. The van der Waals surface area contributed by atoms with Crippen LogP contribution in [0.15, 0.2) is 32.7 Å². The Morgan fingerprint density at radius 1 is 1.25 bits per heavy atom. The van der Waals surface area contributed by atoms with Crippen molar-refractivity contribution in [2.24, 2.45) is 0 Å². The molecule has 0 spiro atoms. The second kappa shape index (κ2) is 4.22. The fraction of sp³-hybridized carbons (Fsp3) is 0.250. The Morgan fingerprint density at radius 2 is 2.00 bits per heavy atom. The van der Waals surface area contributed by atoms with Crippen LogP contribution in [0.3, 0.4) is 0 Å². The van der Waals surface area contributed by atoms with Crippen molar-refractivity contribution in [2.45, 2.75) is 30.9 Å². The summed E-state index contributed by atoms with van der Waals surface area (Å²) in [4.78, 5) is 5.36. The second-order valence-electron chi connectivity index (χ2n) is 3.74. The maximum Gasteiger partial charge on any atom is 0.260 e. The quantitative estimate of drug-likeness (QED) is 0.810. The number of aryl methyl sites for hydroxylation is 3. The number of oxazole rings is 1. The molecule has 1 aromatic carbocycles. The van der Waals surface area contributed by atoms with E-state index < -0.39 is 0 Å². The largest absolute Gasteiger partial charge is 0.436 e. The molecule has 2 rings (SSSR count). The zero-order valence-electron chi connectivity index (χ0n) is 9.57. The van der Waals surface area contributed by atoms with Crippen LogP contribution in [-0.4, -0.2) is 4.98 Å². The molecule has 16 heavy (non-hydrogen) atoms. The Bertz CT molecular complexity index is 500. The fourth-order valence-corrected chi connectivity index (χ4v) is 2.14. The van der Waals surface area contributed by atoms with Gasteiger partial charge in [-0.2, -0.15) is 0 Å². The van der Waals surface area contributed by atoms with Crippen molar-refractivity contribution in [1.82, 2.24) is 4.98 Å². The molecule has 2 aromatic rings. The third-order valence-electron chi connectivity index (χ3n) is 2.46. The van der Waals surface area contributed by atoms with Gasteiger partial charge in [0.1, 0.15) is 5.76 Å². The van der Waals surface area contributed by atoms with E-state index in [0.29, 0.717) is 5.22 Å². The molecule has 0 saturated carbocycles. The maximum atomic E-state index is 5.85. The predicted molar refractivity (Wildman–Crippen MR) is 65.7 cm³/mol. The summed E-state index contributed by atoms with van der Waals surface area (Å²) in [5, 5.41) is 0.665. The number of anilines is 1. The first-order valence-electron chi connectivity index (χ1n) is 5.04. The van der Waals surface area contributed by atoms with E-state index in [-0.39, 0.29) is 0 Å². The highest BCUT2D eigenvalue weighted by atomic mass is 32.2. The summed E-state index contributed by atoms with van der Waals surface area (Å²) in [6.07, 6.45) is 0. The maximum absolute atomic E-state index is 5.85. The first-order valence-corrected chi connectivity index (χ1v) is 5.86. The number of rotatable bonds is 2. The van der Waals surface area contributed by atoms with Gasteiger partial charge in [-0.05, 0) is 50.2 Å². The summed E-state index contributed by atoms with van der Waals surface area (Å²) in [6, 6.07) is 5.96. The smallest absolute Gasteiger partial charge is 0.260 e. The minimum atomic E-state index is 0.665. The van der Waals surface area contributed by atoms with Crippen LogP contribution in [0.2, 0.25) is 0 Å². The molecule has 0 aliphatic carbocycles. The standard InChI is InChI=1S/C12H14N2OS/c1-7-4-5-10(6-11(7)13)16-12-14-8(2)9(3)15-12/h4-6H,13H2,1-3H3. The summed E-state index contributed by atoms with van der Waals surface area (Å²) in [5.74, 6) is 0.864. The third kappa shape index (κ3) is 2.22. The summed E-state index contributed by atoms with van der Waals surface area (Å²) in [5.41, 5.74) is 8.66.